The van der Waals surface area contributed by atoms with E-state index in [9.17, 15) is 13.2 Å². The van der Waals surface area contributed by atoms with E-state index in [1.807, 2.05) is 13.8 Å². The maximum Gasteiger partial charge on any atom is 0.573 e. The molecule has 0 radical (unpaired) electrons. The smallest absolute Gasteiger partial charge is 0.406 e. The number of halogens is 3. The molecule has 1 heterocycles. The molecule has 4 nitrogen and oxygen atoms in total. The molecular weight excluding hydrogens is 283 g/mol. The molecule has 21 heavy (non-hydrogen) atoms. The zero-order valence-electron chi connectivity index (χ0n) is 11.5. The Morgan fingerprint density at radius 3 is 2.62 bits per heavy atom. The van der Waals surface area contributed by atoms with Gasteiger partial charge in [0.1, 0.15) is 5.75 Å². The number of nitrogens with zero attached hydrogens (tertiary/aromatic N) is 2. The maximum absolute atomic E-state index is 12.2. The molecule has 0 bridgehead atoms. The molecule has 0 spiro atoms. The van der Waals surface area contributed by atoms with Crippen LogP contribution in [-0.4, -0.2) is 16.3 Å². The van der Waals surface area contributed by atoms with Crippen molar-refractivity contribution in [2.75, 3.05) is 5.32 Å². The van der Waals surface area contributed by atoms with Crippen LogP contribution in [0.5, 0.6) is 5.75 Å². The Morgan fingerprint density at radius 1 is 1.19 bits per heavy atom. The van der Waals surface area contributed by atoms with Crippen molar-refractivity contribution in [1.29, 1.82) is 0 Å². The number of benzene rings is 1. The lowest BCUT2D eigenvalue weighted by atomic mass is 10.1. The normalized spacial score (nSPS) is 11.5. The third kappa shape index (κ3) is 4.62. The monoisotopic (exact) mass is 297 g/mol. The summed E-state index contributed by atoms with van der Waals surface area (Å²) in [4.78, 5) is 8.32. The summed E-state index contributed by atoms with van der Waals surface area (Å²) in [5.41, 5.74) is 1.26. The van der Waals surface area contributed by atoms with Crippen LogP contribution >= 0.6 is 0 Å². The number of aromatic nitrogens is 2. The molecule has 0 atom stereocenters. The van der Waals surface area contributed by atoms with Crippen LogP contribution in [-0.2, 0) is 0 Å². The molecule has 1 aromatic heterocycles. The minimum atomic E-state index is -4.72. The predicted octanol–water partition coefficient (Wildman–Crippen LogP) is 4.24. The zero-order valence-corrected chi connectivity index (χ0v) is 11.5. The fraction of sp³-hybridized carbons (Fsp3) is 0.286. The van der Waals surface area contributed by atoms with Gasteiger partial charge in [-0.05, 0) is 24.1 Å². The fourth-order valence-corrected chi connectivity index (χ4v) is 1.65. The van der Waals surface area contributed by atoms with Gasteiger partial charge in [0.25, 0.3) is 0 Å². The van der Waals surface area contributed by atoms with Gasteiger partial charge in [-0.2, -0.15) is 0 Å². The highest BCUT2D eigenvalue weighted by Gasteiger charge is 2.31. The number of hydrogen-bond donors (Lipinski definition) is 1. The van der Waals surface area contributed by atoms with Gasteiger partial charge in [0.05, 0.1) is 0 Å². The Morgan fingerprint density at radius 2 is 1.95 bits per heavy atom. The van der Waals surface area contributed by atoms with Crippen molar-refractivity contribution < 1.29 is 17.9 Å². The average molecular weight is 297 g/mol. The Bertz CT molecular complexity index is 614. The third-order valence-corrected chi connectivity index (χ3v) is 2.59. The van der Waals surface area contributed by atoms with E-state index in [1.165, 1.54) is 18.2 Å². The molecule has 0 saturated carbocycles. The first-order valence-corrected chi connectivity index (χ1v) is 6.29. The summed E-state index contributed by atoms with van der Waals surface area (Å²) in [6.07, 6.45) is -3.12. The number of hydrogen-bond acceptors (Lipinski definition) is 4. The lowest BCUT2D eigenvalue weighted by Gasteiger charge is -2.11. The van der Waals surface area contributed by atoms with Gasteiger partial charge in [-0.3, -0.25) is 0 Å². The minimum Gasteiger partial charge on any atom is -0.406 e. The van der Waals surface area contributed by atoms with Crippen LogP contribution in [0.3, 0.4) is 0 Å². The lowest BCUT2D eigenvalue weighted by Crippen LogP contribution is -2.17. The SMILES string of the molecule is CC(C)c1ccnc(Nc2cccc(OC(F)(F)F)c2)n1. The highest BCUT2D eigenvalue weighted by atomic mass is 19.4. The molecule has 0 aliphatic carbocycles. The molecule has 7 heteroatoms. The molecule has 0 amide bonds. The molecule has 0 fully saturated rings. The Balaban J connectivity index is 2.16. The predicted molar refractivity (Wildman–Crippen MR) is 72.5 cm³/mol. The molecule has 1 N–H and O–H groups in total. The van der Waals surface area contributed by atoms with Crippen molar-refractivity contribution in [2.45, 2.75) is 26.1 Å². The molecule has 2 aromatic rings. The zero-order chi connectivity index (χ0) is 15.5. The van der Waals surface area contributed by atoms with E-state index in [2.05, 4.69) is 20.0 Å². The lowest BCUT2D eigenvalue weighted by molar-refractivity contribution is -0.274. The van der Waals surface area contributed by atoms with E-state index in [0.29, 0.717) is 11.6 Å². The van der Waals surface area contributed by atoms with Crippen LogP contribution in [0, 0.1) is 0 Å². The first-order valence-electron chi connectivity index (χ1n) is 6.29. The number of ether oxygens (including phenoxy) is 1. The highest BCUT2D eigenvalue weighted by Crippen LogP contribution is 2.26. The number of rotatable bonds is 4. The summed E-state index contributed by atoms with van der Waals surface area (Å²) < 4.78 is 40.4. The minimum absolute atomic E-state index is 0.230. The third-order valence-electron chi connectivity index (χ3n) is 2.59. The van der Waals surface area contributed by atoms with Gasteiger partial charge in [-0.1, -0.05) is 19.9 Å². The van der Waals surface area contributed by atoms with E-state index >= 15 is 0 Å². The summed E-state index contributed by atoms with van der Waals surface area (Å²) >= 11 is 0. The summed E-state index contributed by atoms with van der Waals surface area (Å²) in [6.45, 7) is 3.98. The Hall–Kier alpha value is -2.31. The average Bonchev–Trinajstić information content (AvgIpc) is 2.37. The van der Waals surface area contributed by atoms with Crippen molar-refractivity contribution in [2.24, 2.45) is 0 Å². The van der Waals surface area contributed by atoms with E-state index < -0.39 is 6.36 Å². The van der Waals surface area contributed by atoms with Crippen LogP contribution in [0.2, 0.25) is 0 Å². The van der Waals surface area contributed by atoms with Crippen LogP contribution in [0.25, 0.3) is 0 Å². The molecule has 2 rings (SSSR count). The molecule has 112 valence electrons. The van der Waals surface area contributed by atoms with Gasteiger partial charge in [0.15, 0.2) is 0 Å². The van der Waals surface area contributed by atoms with Crippen molar-refractivity contribution >= 4 is 11.6 Å². The largest absolute Gasteiger partial charge is 0.573 e. The number of anilines is 2. The van der Waals surface area contributed by atoms with Gasteiger partial charge in [0.2, 0.25) is 5.95 Å². The standard InChI is InChI=1S/C14H14F3N3O/c1-9(2)12-6-7-18-13(20-12)19-10-4-3-5-11(8-10)21-14(15,16)17/h3-9H,1-2H3,(H,18,19,20). The molecule has 1 aromatic carbocycles. The Kier molecular flexibility index (Phi) is 4.30. The fourth-order valence-electron chi connectivity index (χ4n) is 1.65. The maximum atomic E-state index is 12.2. The van der Waals surface area contributed by atoms with E-state index in [0.717, 1.165) is 5.69 Å². The highest BCUT2D eigenvalue weighted by molar-refractivity contribution is 5.55. The van der Waals surface area contributed by atoms with E-state index in [1.54, 1.807) is 18.3 Å². The van der Waals surface area contributed by atoms with Crippen molar-refractivity contribution in [3.63, 3.8) is 0 Å². The van der Waals surface area contributed by atoms with Crippen LogP contribution in [0.1, 0.15) is 25.5 Å². The van der Waals surface area contributed by atoms with Crippen LogP contribution in [0.4, 0.5) is 24.8 Å². The van der Waals surface area contributed by atoms with Gasteiger partial charge in [-0.15, -0.1) is 13.2 Å². The first kappa shape index (κ1) is 15.1. The first-order chi connectivity index (χ1) is 9.83. The Labute approximate surface area is 120 Å². The molecular formula is C14H14F3N3O. The quantitative estimate of drug-likeness (QED) is 0.916. The van der Waals surface area contributed by atoms with E-state index in [-0.39, 0.29) is 11.7 Å². The second kappa shape index (κ2) is 5.99. The van der Waals surface area contributed by atoms with Gasteiger partial charge < -0.3 is 10.1 Å². The number of nitrogens with one attached hydrogen (secondary N) is 1. The molecule has 0 unspecified atom stereocenters. The molecule has 0 saturated heterocycles. The van der Waals surface area contributed by atoms with Gasteiger partial charge in [0, 0.05) is 23.6 Å². The topological polar surface area (TPSA) is 47.0 Å². The molecule has 0 aliphatic heterocycles. The summed E-state index contributed by atoms with van der Waals surface area (Å²) in [7, 11) is 0. The molecule has 0 aliphatic rings. The van der Waals surface area contributed by atoms with Gasteiger partial charge >= 0.3 is 6.36 Å². The van der Waals surface area contributed by atoms with Crippen molar-refractivity contribution in [3.8, 4) is 5.75 Å². The van der Waals surface area contributed by atoms with Crippen molar-refractivity contribution in [1.82, 2.24) is 9.97 Å². The second-order valence-corrected chi connectivity index (χ2v) is 4.66. The summed E-state index contributed by atoms with van der Waals surface area (Å²) in [5, 5.41) is 2.86. The van der Waals surface area contributed by atoms with Crippen LogP contribution < -0.4 is 10.1 Å². The van der Waals surface area contributed by atoms with Gasteiger partial charge in [-0.25, -0.2) is 9.97 Å². The van der Waals surface area contributed by atoms with Crippen LogP contribution in [0.15, 0.2) is 36.5 Å². The second-order valence-electron chi connectivity index (χ2n) is 4.66. The van der Waals surface area contributed by atoms with E-state index in [4.69, 9.17) is 0 Å². The number of alkyl halides is 3. The summed E-state index contributed by atoms with van der Waals surface area (Å²) in [6, 6.07) is 7.31. The van der Waals surface area contributed by atoms with Crippen molar-refractivity contribution in [3.05, 3.63) is 42.2 Å². The summed E-state index contributed by atoms with van der Waals surface area (Å²) in [5.74, 6) is 0.256.